The maximum Gasteiger partial charge on any atom is 0.213 e. The van der Waals surface area contributed by atoms with E-state index in [2.05, 4.69) is 5.09 Å². The summed E-state index contributed by atoms with van der Waals surface area (Å²) >= 11 is 6.39. The van der Waals surface area contributed by atoms with Crippen LogP contribution in [0, 0.1) is 10.1 Å². The van der Waals surface area contributed by atoms with Gasteiger partial charge in [-0.3, -0.25) is 14.9 Å². The molecule has 0 aromatic heterocycles. The Hall–Kier alpha value is -0.170. The van der Waals surface area contributed by atoms with Crippen molar-refractivity contribution in [2.24, 2.45) is 0 Å². The number of rotatable bonds is 9. The molecule has 9 heteroatoms. The molecule has 1 atom stereocenters. The molecule has 0 spiro atoms. The molecule has 88 valence electrons. The predicted molar refractivity (Wildman–Crippen MR) is 64.0 cm³/mol. The van der Waals surface area contributed by atoms with E-state index in [1.807, 2.05) is 0 Å². The number of hydrogen-bond acceptors (Lipinski definition) is 6. The summed E-state index contributed by atoms with van der Waals surface area (Å²) in [4.78, 5) is 20.0. The molecule has 1 N–H and O–H groups in total. The van der Waals surface area contributed by atoms with Gasteiger partial charge in [0.05, 0.1) is 6.61 Å². The second-order valence-corrected chi connectivity index (χ2v) is 9.14. The molecule has 1 amide bonds. The third-order valence-electron chi connectivity index (χ3n) is 1.26. The SMILES string of the molecule is CCOP(=S)(NC=O)SCCC[N+](=O)[O-]. The third-order valence-corrected chi connectivity index (χ3v) is 6.87. The minimum absolute atomic E-state index is 0.0878. The largest absolute Gasteiger partial charge is 0.327 e. The van der Waals surface area contributed by atoms with E-state index in [1.165, 1.54) is 11.4 Å². The first-order valence-corrected chi connectivity index (χ1v) is 8.57. The Kier molecular flexibility index (Phi) is 7.95. The van der Waals surface area contributed by atoms with Gasteiger partial charge in [0.2, 0.25) is 18.6 Å². The highest BCUT2D eigenvalue weighted by atomic mass is 32.9. The van der Waals surface area contributed by atoms with Gasteiger partial charge < -0.3 is 9.61 Å². The Labute approximate surface area is 97.2 Å². The van der Waals surface area contributed by atoms with Gasteiger partial charge >= 0.3 is 0 Å². The van der Waals surface area contributed by atoms with Crippen LogP contribution in [-0.4, -0.2) is 30.2 Å². The number of hydrogen-bond donors (Lipinski definition) is 1. The summed E-state index contributed by atoms with van der Waals surface area (Å²) in [7, 11) is 0. The second-order valence-electron chi connectivity index (χ2n) is 2.41. The van der Waals surface area contributed by atoms with Crippen molar-refractivity contribution in [1.82, 2.24) is 5.09 Å². The Morgan fingerprint density at radius 2 is 2.40 bits per heavy atom. The molecule has 0 fully saturated rings. The van der Waals surface area contributed by atoms with Crippen LogP contribution in [0.15, 0.2) is 0 Å². The van der Waals surface area contributed by atoms with Crippen LogP contribution in [0.5, 0.6) is 0 Å². The quantitative estimate of drug-likeness (QED) is 0.224. The molecular weight excluding hydrogens is 259 g/mol. The van der Waals surface area contributed by atoms with Gasteiger partial charge in [-0.25, -0.2) is 0 Å². The fourth-order valence-corrected chi connectivity index (χ4v) is 5.03. The van der Waals surface area contributed by atoms with Gasteiger partial charge in [-0.2, -0.15) is 0 Å². The van der Waals surface area contributed by atoms with Gasteiger partial charge in [-0.05, 0) is 18.7 Å². The first-order chi connectivity index (χ1) is 7.04. The Morgan fingerprint density at radius 1 is 1.73 bits per heavy atom. The van der Waals surface area contributed by atoms with Crippen LogP contribution in [0.1, 0.15) is 13.3 Å². The number of carbonyl (C=O) groups excluding carboxylic acids is 1. The molecule has 0 aliphatic rings. The standard InChI is InChI=1S/C6H13N2O4PS2/c1-2-12-13(14,7-6-9)15-5-3-4-8(10)11/h6H,2-5H2,1H3,(H,7,9,14). The van der Waals surface area contributed by atoms with Gasteiger partial charge in [0.1, 0.15) is 0 Å². The van der Waals surface area contributed by atoms with Crippen molar-refractivity contribution in [2.75, 3.05) is 18.9 Å². The fourth-order valence-electron chi connectivity index (χ4n) is 0.725. The molecule has 0 radical (unpaired) electrons. The molecule has 0 aliphatic heterocycles. The van der Waals surface area contributed by atoms with Gasteiger partial charge in [-0.1, -0.05) is 11.4 Å². The summed E-state index contributed by atoms with van der Waals surface area (Å²) in [5.41, 5.74) is -2.37. The summed E-state index contributed by atoms with van der Waals surface area (Å²) < 4.78 is 5.25. The van der Waals surface area contributed by atoms with Gasteiger partial charge in [0.15, 0.2) is 0 Å². The van der Waals surface area contributed by atoms with Gasteiger partial charge in [-0.15, -0.1) is 0 Å². The topological polar surface area (TPSA) is 81.5 Å². The zero-order chi connectivity index (χ0) is 11.7. The molecule has 0 aliphatic carbocycles. The zero-order valence-corrected chi connectivity index (χ0v) is 10.8. The molecule has 0 aromatic rings. The van der Waals surface area contributed by atoms with Crippen LogP contribution in [0.3, 0.4) is 0 Å². The highest BCUT2D eigenvalue weighted by Gasteiger charge is 2.16. The minimum Gasteiger partial charge on any atom is -0.327 e. The summed E-state index contributed by atoms with van der Waals surface area (Å²) in [6.45, 7) is 2.11. The number of carbonyl (C=O) groups is 1. The highest BCUT2D eigenvalue weighted by Crippen LogP contribution is 2.55. The number of nitrogens with zero attached hydrogens (tertiary/aromatic N) is 1. The monoisotopic (exact) mass is 272 g/mol. The first-order valence-electron chi connectivity index (χ1n) is 4.26. The van der Waals surface area contributed by atoms with Crippen molar-refractivity contribution in [3.8, 4) is 0 Å². The molecule has 0 bridgehead atoms. The highest BCUT2D eigenvalue weighted by molar-refractivity contribution is 8.68. The van der Waals surface area contributed by atoms with Gasteiger partial charge in [0, 0.05) is 17.1 Å². The first kappa shape index (κ1) is 14.8. The molecule has 1 unspecified atom stereocenters. The van der Waals surface area contributed by atoms with E-state index in [9.17, 15) is 14.9 Å². The summed E-state index contributed by atoms with van der Waals surface area (Å²) in [5.74, 6) is 0.513. The molecule has 15 heavy (non-hydrogen) atoms. The van der Waals surface area contributed by atoms with Crippen LogP contribution < -0.4 is 5.09 Å². The zero-order valence-electron chi connectivity index (χ0n) is 8.25. The van der Waals surface area contributed by atoms with Crippen molar-refractivity contribution >= 4 is 35.2 Å². The summed E-state index contributed by atoms with van der Waals surface area (Å²) in [6.07, 6.45) is 0.931. The molecule has 6 nitrogen and oxygen atoms in total. The van der Waals surface area contributed by atoms with E-state index >= 15 is 0 Å². The summed E-state index contributed by atoms with van der Waals surface area (Å²) in [6, 6.07) is 0. The average Bonchev–Trinajstić information content (AvgIpc) is 2.13. The Morgan fingerprint density at radius 3 is 2.87 bits per heavy atom. The van der Waals surface area contributed by atoms with Crippen molar-refractivity contribution < 1.29 is 14.2 Å². The van der Waals surface area contributed by atoms with Crippen molar-refractivity contribution in [3.05, 3.63) is 10.1 Å². The van der Waals surface area contributed by atoms with Crippen LogP contribution in [0.25, 0.3) is 0 Å². The van der Waals surface area contributed by atoms with Crippen LogP contribution in [-0.2, 0) is 21.1 Å². The molecule has 0 aromatic carbocycles. The molecular formula is C6H13N2O4PS2. The predicted octanol–water partition coefficient (Wildman–Crippen LogP) is 1.39. The normalized spacial score (nSPS) is 14.2. The maximum absolute atomic E-state index is 10.3. The molecule has 0 rings (SSSR count). The Balaban J connectivity index is 3.90. The van der Waals surface area contributed by atoms with Crippen LogP contribution in [0.4, 0.5) is 0 Å². The fraction of sp³-hybridized carbons (Fsp3) is 0.833. The maximum atomic E-state index is 10.3. The lowest BCUT2D eigenvalue weighted by atomic mass is 10.5. The second kappa shape index (κ2) is 8.04. The summed E-state index contributed by atoms with van der Waals surface area (Å²) in [5, 5.41) is 12.5. The van der Waals surface area contributed by atoms with Crippen molar-refractivity contribution in [3.63, 3.8) is 0 Å². The van der Waals surface area contributed by atoms with E-state index in [4.69, 9.17) is 16.3 Å². The van der Waals surface area contributed by atoms with E-state index in [-0.39, 0.29) is 11.5 Å². The van der Waals surface area contributed by atoms with E-state index in [0.717, 1.165) is 0 Å². The van der Waals surface area contributed by atoms with E-state index < -0.39 is 5.62 Å². The lowest BCUT2D eigenvalue weighted by Crippen LogP contribution is -2.08. The Bertz CT molecular complexity index is 264. The lowest BCUT2D eigenvalue weighted by Gasteiger charge is -2.18. The van der Waals surface area contributed by atoms with Gasteiger partial charge in [0.25, 0.3) is 0 Å². The van der Waals surface area contributed by atoms with E-state index in [1.54, 1.807) is 6.92 Å². The van der Waals surface area contributed by atoms with Crippen molar-refractivity contribution in [2.45, 2.75) is 13.3 Å². The van der Waals surface area contributed by atoms with Crippen LogP contribution in [0.2, 0.25) is 0 Å². The number of nitro groups is 1. The molecule has 0 heterocycles. The van der Waals surface area contributed by atoms with Crippen LogP contribution >= 0.6 is 17.0 Å². The number of amides is 1. The minimum atomic E-state index is -2.37. The molecule has 0 saturated heterocycles. The number of nitrogens with one attached hydrogen (secondary N) is 1. The average molecular weight is 272 g/mol. The van der Waals surface area contributed by atoms with Crippen molar-refractivity contribution in [1.29, 1.82) is 0 Å². The van der Waals surface area contributed by atoms with E-state index in [0.29, 0.717) is 25.2 Å². The lowest BCUT2D eigenvalue weighted by molar-refractivity contribution is -0.479. The molecule has 0 saturated carbocycles. The third kappa shape index (κ3) is 7.72. The smallest absolute Gasteiger partial charge is 0.213 e.